The molecule has 1 aliphatic carbocycles. The number of halogens is 1. The van der Waals surface area contributed by atoms with Crippen molar-refractivity contribution in [1.29, 1.82) is 0 Å². The summed E-state index contributed by atoms with van der Waals surface area (Å²) in [6.07, 6.45) is 2.04. The smallest absolute Gasteiger partial charge is 0.112 e. The Hall–Kier alpha value is -0.110. The van der Waals surface area contributed by atoms with Crippen LogP contribution in [0.1, 0.15) is 19.3 Å². The van der Waals surface area contributed by atoms with Crippen molar-refractivity contribution in [3.05, 3.63) is 0 Å². The van der Waals surface area contributed by atoms with Crippen LogP contribution in [0, 0.1) is 0 Å². The molecule has 7 heavy (non-hydrogen) atoms. The zero-order valence-electron chi connectivity index (χ0n) is 4.28. The van der Waals surface area contributed by atoms with Crippen molar-refractivity contribution >= 4 is 0 Å². The molecule has 2 heteroatoms. The largest absolute Gasteiger partial charge is 0.330 e. The van der Waals surface area contributed by atoms with Gasteiger partial charge in [-0.05, 0) is 25.8 Å². The molecule has 0 spiro atoms. The van der Waals surface area contributed by atoms with Gasteiger partial charge >= 0.3 is 0 Å². The molecule has 1 nitrogen and oxygen atoms in total. The van der Waals surface area contributed by atoms with E-state index in [0.717, 1.165) is 12.8 Å². The summed E-state index contributed by atoms with van der Waals surface area (Å²) < 4.78 is 12.4. The van der Waals surface area contributed by atoms with Gasteiger partial charge in [0.05, 0.1) is 0 Å². The molecule has 0 radical (unpaired) electrons. The maximum absolute atomic E-state index is 12.4. The third kappa shape index (κ3) is 1.13. The van der Waals surface area contributed by atoms with E-state index in [1.165, 1.54) is 0 Å². The third-order valence-corrected chi connectivity index (χ3v) is 1.38. The average molecular weight is 103 g/mol. The van der Waals surface area contributed by atoms with Gasteiger partial charge in [0.2, 0.25) is 0 Å². The molecule has 0 aromatic rings. The van der Waals surface area contributed by atoms with Crippen LogP contribution in [-0.4, -0.2) is 12.2 Å². The van der Waals surface area contributed by atoms with Gasteiger partial charge in [0.15, 0.2) is 0 Å². The van der Waals surface area contributed by atoms with Crippen molar-refractivity contribution in [1.82, 2.24) is 0 Å². The molecule has 0 aromatic carbocycles. The molecule has 0 amide bonds. The molecule has 1 rings (SSSR count). The lowest BCUT2D eigenvalue weighted by Crippen LogP contribution is -2.08. The summed E-state index contributed by atoms with van der Waals surface area (Å²) in [6, 6.07) is 0. The minimum absolute atomic E-state index is 0.497. The summed E-state index contributed by atoms with van der Waals surface area (Å²) in [4.78, 5) is 0. The molecule has 1 saturated carbocycles. The highest BCUT2D eigenvalue weighted by molar-refractivity contribution is 4.93. The Morgan fingerprint density at radius 1 is 1.57 bits per heavy atom. The molecule has 0 heterocycles. The first kappa shape index (κ1) is 5.04. The van der Waals surface area contributed by atoms with Crippen LogP contribution < -0.4 is 5.73 Å². The van der Waals surface area contributed by atoms with Crippen molar-refractivity contribution in [2.75, 3.05) is 6.54 Å². The van der Waals surface area contributed by atoms with Crippen molar-refractivity contribution < 1.29 is 4.39 Å². The van der Waals surface area contributed by atoms with Gasteiger partial charge in [0.25, 0.3) is 0 Å². The Labute approximate surface area is 42.7 Å². The summed E-state index contributed by atoms with van der Waals surface area (Å²) in [5.41, 5.74) is 4.29. The fourth-order valence-corrected chi connectivity index (χ4v) is 0.644. The first-order chi connectivity index (χ1) is 3.27. The highest BCUT2D eigenvalue weighted by atomic mass is 19.1. The van der Waals surface area contributed by atoms with Crippen LogP contribution in [0.3, 0.4) is 0 Å². The standard InChI is InChI=1S/C5H10FN/c6-5(1-2-5)3-4-7/h1-4,7H2. The van der Waals surface area contributed by atoms with Crippen LogP contribution >= 0.6 is 0 Å². The molecule has 1 aliphatic rings. The first-order valence-corrected chi connectivity index (χ1v) is 2.66. The van der Waals surface area contributed by atoms with Gasteiger partial charge < -0.3 is 5.73 Å². The van der Waals surface area contributed by atoms with E-state index in [9.17, 15) is 4.39 Å². The van der Waals surface area contributed by atoms with Gasteiger partial charge in [-0.3, -0.25) is 0 Å². The predicted molar refractivity (Wildman–Crippen MR) is 26.7 cm³/mol. The normalized spacial score (nSPS) is 24.9. The number of rotatable bonds is 2. The summed E-state index contributed by atoms with van der Waals surface area (Å²) >= 11 is 0. The minimum atomic E-state index is -0.825. The molecule has 1 fully saturated rings. The number of alkyl halides is 1. The van der Waals surface area contributed by atoms with Crippen LogP contribution in [-0.2, 0) is 0 Å². The zero-order chi connectivity index (χ0) is 5.33. The van der Waals surface area contributed by atoms with E-state index in [-0.39, 0.29) is 0 Å². The summed E-state index contributed by atoms with van der Waals surface area (Å²) in [5, 5.41) is 0. The van der Waals surface area contributed by atoms with E-state index in [1.807, 2.05) is 0 Å². The molecule has 0 aliphatic heterocycles. The zero-order valence-corrected chi connectivity index (χ0v) is 4.28. The highest BCUT2D eigenvalue weighted by Gasteiger charge is 2.41. The second-order valence-electron chi connectivity index (χ2n) is 2.19. The molecule has 0 aromatic heterocycles. The summed E-state index contributed by atoms with van der Waals surface area (Å²) in [6.45, 7) is 0.497. The van der Waals surface area contributed by atoms with E-state index in [0.29, 0.717) is 13.0 Å². The van der Waals surface area contributed by atoms with Crippen molar-refractivity contribution in [3.63, 3.8) is 0 Å². The molecule has 0 bridgehead atoms. The van der Waals surface area contributed by atoms with E-state index in [4.69, 9.17) is 5.73 Å². The Morgan fingerprint density at radius 3 is 2.29 bits per heavy atom. The van der Waals surface area contributed by atoms with Crippen LogP contribution in [0.5, 0.6) is 0 Å². The van der Waals surface area contributed by atoms with E-state index in [2.05, 4.69) is 0 Å². The van der Waals surface area contributed by atoms with E-state index < -0.39 is 5.67 Å². The van der Waals surface area contributed by atoms with Gasteiger partial charge in [-0.1, -0.05) is 0 Å². The Kier molecular flexibility index (Phi) is 1.04. The van der Waals surface area contributed by atoms with Gasteiger partial charge in [0.1, 0.15) is 5.67 Å². The Balaban J connectivity index is 2.13. The number of hydrogen-bond donors (Lipinski definition) is 1. The second-order valence-corrected chi connectivity index (χ2v) is 2.19. The van der Waals surface area contributed by atoms with Gasteiger partial charge in [-0.15, -0.1) is 0 Å². The molecule has 0 unspecified atom stereocenters. The number of nitrogens with two attached hydrogens (primary N) is 1. The van der Waals surface area contributed by atoms with Crippen LogP contribution in [0.4, 0.5) is 4.39 Å². The molecule has 2 N–H and O–H groups in total. The maximum Gasteiger partial charge on any atom is 0.112 e. The second kappa shape index (κ2) is 1.44. The molecular formula is C5H10FN. The van der Waals surface area contributed by atoms with Crippen LogP contribution in [0.25, 0.3) is 0 Å². The Morgan fingerprint density at radius 2 is 2.14 bits per heavy atom. The molecule has 0 atom stereocenters. The topological polar surface area (TPSA) is 26.0 Å². The predicted octanol–water partition coefficient (Wildman–Crippen LogP) is 0.837. The minimum Gasteiger partial charge on any atom is -0.330 e. The summed E-state index contributed by atoms with van der Waals surface area (Å²) in [7, 11) is 0. The van der Waals surface area contributed by atoms with Gasteiger partial charge in [-0.25, -0.2) is 4.39 Å². The number of hydrogen-bond acceptors (Lipinski definition) is 1. The van der Waals surface area contributed by atoms with Crippen molar-refractivity contribution in [3.8, 4) is 0 Å². The van der Waals surface area contributed by atoms with Crippen molar-refractivity contribution in [2.45, 2.75) is 24.9 Å². The quantitative estimate of drug-likeness (QED) is 0.550. The fraction of sp³-hybridized carbons (Fsp3) is 1.00. The van der Waals surface area contributed by atoms with Gasteiger partial charge in [0, 0.05) is 0 Å². The Bertz CT molecular complexity index is 68.5. The summed E-state index contributed by atoms with van der Waals surface area (Å²) in [5.74, 6) is 0. The fourth-order valence-electron chi connectivity index (χ4n) is 0.644. The first-order valence-electron chi connectivity index (χ1n) is 2.66. The lowest BCUT2D eigenvalue weighted by molar-refractivity contribution is 0.294. The highest BCUT2D eigenvalue weighted by Crippen LogP contribution is 2.42. The van der Waals surface area contributed by atoms with Crippen LogP contribution in [0.2, 0.25) is 0 Å². The van der Waals surface area contributed by atoms with Gasteiger partial charge in [-0.2, -0.15) is 0 Å². The van der Waals surface area contributed by atoms with Crippen molar-refractivity contribution in [2.24, 2.45) is 5.73 Å². The van der Waals surface area contributed by atoms with E-state index >= 15 is 0 Å². The SMILES string of the molecule is NCCC1(F)CC1. The third-order valence-electron chi connectivity index (χ3n) is 1.38. The maximum atomic E-state index is 12.4. The van der Waals surface area contributed by atoms with E-state index in [1.54, 1.807) is 0 Å². The molecule has 0 saturated heterocycles. The molecule has 42 valence electrons. The molecular weight excluding hydrogens is 93.1 g/mol. The average Bonchev–Trinajstić information content (AvgIpc) is 2.22. The van der Waals surface area contributed by atoms with Crippen LogP contribution in [0.15, 0.2) is 0 Å². The monoisotopic (exact) mass is 103 g/mol. The lowest BCUT2D eigenvalue weighted by atomic mass is 10.3. The lowest BCUT2D eigenvalue weighted by Gasteiger charge is -1.97.